The molecule has 1 aliphatic rings. The number of pyridine rings is 1. The van der Waals surface area contributed by atoms with Crippen LogP contribution in [0.5, 0.6) is 0 Å². The van der Waals surface area contributed by atoms with Gasteiger partial charge in [-0.1, -0.05) is 29.8 Å². The molecule has 0 unspecified atom stereocenters. The Hall–Kier alpha value is -2.07. The summed E-state index contributed by atoms with van der Waals surface area (Å²) < 4.78 is 0. The lowest BCUT2D eigenvalue weighted by Crippen LogP contribution is -2.41. The molecule has 120 valence electrons. The first-order valence-corrected chi connectivity index (χ1v) is 8.20. The first-order valence-electron chi connectivity index (χ1n) is 7.82. The molecule has 4 nitrogen and oxygen atoms in total. The Kier molecular flexibility index (Phi) is 4.82. The average Bonchev–Trinajstić information content (AvgIpc) is 3.38. The Labute approximate surface area is 142 Å². The van der Waals surface area contributed by atoms with E-state index in [1.165, 1.54) is 18.4 Å². The van der Waals surface area contributed by atoms with Crippen molar-refractivity contribution in [2.75, 3.05) is 13.6 Å². The third-order valence-corrected chi connectivity index (χ3v) is 4.54. The quantitative estimate of drug-likeness (QED) is 0.655. The van der Waals surface area contributed by atoms with Crippen molar-refractivity contribution in [3.05, 3.63) is 64.9 Å². The molecule has 2 aromatic rings. The second-order valence-corrected chi connectivity index (χ2v) is 6.32. The molecule has 1 aromatic carbocycles. The van der Waals surface area contributed by atoms with Crippen LogP contribution in [-0.2, 0) is 12.0 Å². The third kappa shape index (κ3) is 4.02. The maximum absolute atomic E-state index is 5.98. The average molecular weight is 329 g/mol. The maximum Gasteiger partial charge on any atom is 0.191 e. The van der Waals surface area contributed by atoms with Crippen LogP contribution >= 0.6 is 11.6 Å². The summed E-state index contributed by atoms with van der Waals surface area (Å²) in [5.74, 6) is 0.802. The van der Waals surface area contributed by atoms with Gasteiger partial charge < -0.3 is 10.6 Å². The molecule has 3 rings (SSSR count). The molecule has 0 saturated heterocycles. The molecule has 0 bridgehead atoms. The van der Waals surface area contributed by atoms with Crippen molar-refractivity contribution in [2.24, 2.45) is 4.99 Å². The third-order valence-electron chi connectivity index (χ3n) is 4.29. The monoisotopic (exact) mass is 328 g/mol. The zero-order chi connectivity index (χ0) is 16.1. The van der Waals surface area contributed by atoms with Crippen molar-refractivity contribution in [2.45, 2.75) is 24.8 Å². The minimum Gasteiger partial charge on any atom is -0.356 e. The Morgan fingerprint density at radius 2 is 1.96 bits per heavy atom. The molecular weight excluding hydrogens is 308 g/mol. The van der Waals surface area contributed by atoms with Crippen molar-refractivity contribution >= 4 is 17.6 Å². The summed E-state index contributed by atoms with van der Waals surface area (Å²) in [4.78, 5) is 8.59. The minimum atomic E-state index is 0.215. The highest BCUT2D eigenvalue weighted by Gasteiger charge is 2.44. The Bertz CT molecular complexity index is 663. The molecule has 1 fully saturated rings. The molecule has 1 saturated carbocycles. The molecule has 0 spiro atoms. The number of hydrogen-bond acceptors (Lipinski definition) is 2. The van der Waals surface area contributed by atoms with E-state index >= 15 is 0 Å². The van der Waals surface area contributed by atoms with Gasteiger partial charge in [-0.25, -0.2) is 0 Å². The predicted molar refractivity (Wildman–Crippen MR) is 94.8 cm³/mol. The van der Waals surface area contributed by atoms with Crippen molar-refractivity contribution in [3.63, 3.8) is 0 Å². The largest absolute Gasteiger partial charge is 0.356 e. The molecular formula is C18H21ClN4. The van der Waals surface area contributed by atoms with Crippen LogP contribution < -0.4 is 10.6 Å². The molecule has 5 heteroatoms. The summed E-state index contributed by atoms with van der Waals surface area (Å²) in [6.07, 6.45) is 4.19. The van der Waals surface area contributed by atoms with E-state index in [0.29, 0.717) is 6.54 Å². The topological polar surface area (TPSA) is 49.3 Å². The Balaban J connectivity index is 1.55. The fourth-order valence-electron chi connectivity index (χ4n) is 2.67. The van der Waals surface area contributed by atoms with Gasteiger partial charge >= 0.3 is 0 Å². The van der Waals surface area contributed by atoms with E-state index in [0.717, 1.165) is 23.2 Å². The number of halogens is 1. The van der Waals surface area contributed by atoms with Crippen LogP contribution in [0.4, 0.5) is 0 Å². The molecule has 1 aromatic heterocycles. The van der Waals surface area contributed by atoms with Gasteiger partial charge in [-0.3, -0.25) is 9.98 Å². The van der Waals surface area contributed by atoms with Crippen LogP contribution in [0.3, 0.4) is 0 Å². The van der Waals surface area contributed by atoms with E-state index in [-0.39, 0.29) is 5.41 Å². The summed E-state index contributed by atoms with van der Waals surface area (Å²) in [6.45, 7) is 1.53. The number of hydrogen-bond donors (Lipinski definition) is 2. The van der Waals surface area contributed by atoms with Gasteiger partial charge in [-0.15, -0.1) is 0 Å². The summed E-state index contributed by atoms with van der Waals surface area (Å²) in [6, 6.07) is 14.1. The molecule has 2 N–H and O–H groups in total. The highest BCUT2D eigenvalue weighted by molar-refractivity contribution is 6.30. The first-order chi connectivity index (χ1) is 11.2. The number of aromatic nitrogens is 1. The molecule has 23 heavy (non-hydrogen) atoms. The van der Waals surface area contributed by atoms with E-state index in [1.54, 1.807) is 13.2 Å². The van der Waals surface area contributed by atoms with Crippen LogP contribution in [0.15, 0.2) is 53.7 Å². The lowest BCUT2D eigenvalue weighted by atomic mass is 9.96. The molecule has 0 atom stereocenters. The molecule has 1 heterocycles. The molecule has 0 aliphatic heterocycles. The van der Waals surface area contributed by atoms with E-state index in [2.05, 4.69) is 32.7 Å². The normalized spacial score (nSPS) is 16.0. The lowest BCUT2D eigenvalue weighted by Gasteiger charge is -2.19. The number of nitrogens with zero attached hydrogens (tertiary/aromatic N) is 2. The lowest BCUT2D eigenvalue weighted by molar-refractivity contribution is 0.644. The smallest absolute Gasteiger partial charge is 0.191 e. The van der Waals surface area contributed by atoms with Crippen LogP contribution in [-0.4, -0.2) is 24.5 Å². The first kappa shape index (κ1) is 15.8. The zero-order valence-electron chi connectivity index (χ0n) is 13.2. The molecule has 0 radical (unpaired) electrons. The van der Waals surface area contributed by atoms with E-state index in [9.17, 15) is 0 Å². The van der Waals surface area contributed by atoms with Crippen LogP contribution in [0.2, 0.25) is 5.02 Å². The minimum absolute atomic E-state index is 0.215. The van der Waals surface area contributed by atoms with Crippen LogP contribution in [0.25, 0.3) is 0 Å². The van der Waals surface area contributed by atoms with Crippen molar-refractivity contribution < 1.29 is 0 Å². The fraction of sp³-hybridized carbons (Fsp3) is 0.333. The van der Waals surface area contributed by atoms with Gasteiger partial charge in [0, 0.05) is 30.2 Å². The van der Waals surface area contributed by atoms with E-state index in [1.807, 2.05) is 30.3 Å². The number of aliphatic imine (C=N–C) groups is 1. The molecule has 0 amide bonds. The SMILES string of the molecule is CN=C(NCc1ccccn1)NCC1(c2ccc(Cl)cc2)CC1. The number of rotatable bonds is 5. The van der Waals surface area contributed by atoms with Gasteiger partial charge in [0.2, 0.25) is 0 Å². The Morgan fingerprint density at radius 3 is 2.57 bits per heavy atom. The molecule has 1 aliphatic carbocycles. The number of benzene rings is 1. The maximum atomic E-state index is 5.98. The van der Waals surface area contributed by atoms with Crippen molar-refractivity contribution in [1.29, 1.82) is 0 Å². The van der Waals surface area contributed by atoms with Crippen molar-refractivity contribution in [1.82, 2.24) is 15.6 Å². The van der Waals surface area contributed by atoms with Gasteiger partial charge in [0.25, 0.3) is 0 Å². The van der Waals surface area contributed by atoms with Gasteiger partial charge in [0.05, 0.1) is 12.2 Å². The second kappa shape index (κ2) is 7.01. The summed E-state index contributed by atoms with van der Waals surface area (Å²) in [5.41, 5.74) is 2.55. The zero-order valence-corrected chi connectivity index (χ0v) is 14.0. The van der Waals surface area contributed by atoms with Gasteiger partial charge in [-0.05, 0) is 42.7 Å². The highest BCUT2D eigenvalue weighted by Crippen LogP contribution is 2.47. The van der Waals surface area contributed by atoms with E-state index in [4.69, 9.17) is 11.6 Å². The number of guanidine groups is 1. The standard InChI is InChI=1S/C18H21ClN4/c1-20-17(22-12-16-4-2-3-11-21-16)23-13-18(9-10-18)14-5-7-15(19)8-6-14/h2-8,11H,9-10,12-13H2,1H3,(H2,20,22,23). The van der Waals surface area contributed by atoms with Crippen LogP contribution in [0, 0.1) is 0 Å². The predicted octanol–water partition coefficient (Wildman–Crippen LogP) is 3.13. The van der Waals surface area contributed by atoms with Gasteiger partial charge in [-0.2, -0.15) is 0 Å². The summed E-state index contributed by atoms with van der Waals surface area (Å²) >= 11 is 5.98. The number of nitrogens with one attached hydrogen (secondary N) is 2. The summed E-state index contributed by atoms with van der Waals surface area (Å²) in [7, 11) is 1.79. The summed E-state index contributed by atoms with van der Waals surface area (Å²) in [5, 5.41) is 7.52. The fourth-order valence-corrected chi connectivity index (χ4v) is 2.80. The van der Waals surface area contributed by atoms with Crippen LogP contribution in [0.1, 0.15) is 24.1 Å². The highest BCUT2D eigenvalue weighted by atomic mass is 35.5. The van der Waals surface area contributed by atoms with Gasteiger partial charge in [0.15, 0.2) is 5.96 Å². The Morgan fingerprint density at radius 1 is 1.17 bits per heavy atom. The second-order valence-electron chi connectivity index (χ2n) is 5.89. The van der Waals surface area contributed by atoms with Gasteiger partial charge in [0.1, 0.15) is 0 Å². The van der Waals surface area contributed by atoms with Crippen molar-refractivity contribution in [3.8, 4) is 0 Å². The van der Waals surface area contributed by atoms with E-state index < -0.39 is 0 Å².